The molecular weight excluding hydrogens is 523 g/mol. The van der Waals surface area contributed by atoms with Gasteiger partial charge in [-0.3, -0.25) is 9.42 Å². The summed E-state index contributed by atoms with van der Waals surface area (Å²) in [4.78, 5) is 51.1. The Morgan fingerprint density at radius 1 is 1.12 bits per heavy atom. The van der Waals surface area contributed by atoms with Crippen molar-refractivity contribution in [2.75, 3.05) is 22.3 Å². The summed E-state index contributed by atoms with van der Waals surface area (Å²) in [5.74, 6) is 0.336. The molecule has 32 heavy (non-hydrogen) atoms. The minimum absolute atomic E-state index is 0.0956. The van der Waals surface area contributed by atoms with Gasteiger partial charge in [-0.15, -0.1) is 0 Å². The molecule has 3 aliphatic heterocycles. The Morgan fingerprint density at radius 3 is 2.47 bits per heavy atom. The Labute approximate surface area is 183 Å². The summed E-state index contributed by atoms with van der Waals surface area (Å²) in [6.07, 6.45) is -5.48. The van der Waals surface area contributed by atoms with E-state index in [1.165, 1.54) is 16.3 Å². The molecule has 0 aliphatic carbocycles. The first-order valence-electron chi connectivity index (χ1n) is 8.34. The number of phosphoric ester groups is 1. The summed E-state index contributed by atoms with van der Waals surface area (Å²) in [7, 11) is -10.9. The van der Waals surface area contributed by atoms with Gasteiger partial charge in [0.1, 0.15) is 24.6 Å². The molecule has 0 amide bonds. The van der Waals surface area contributed by atoms with E-state index in [9.17, 15) is 29.1 Å². The molecule has 180 valence electrons. The van der Waals surface area contributed by atoms with E-state index in [4.69, 9.17) is 25.1 Å². The second-order valence-corrected chi connectivity index (χ2v) is 12.4. The number of rotatable bonds is 8. The zero-order chi connectivity index (χ0) is 23.6. The van der Waals surface area contributed by atoms with Crippen molar-refractivity contribution >= 4 is 51.5 Å². The lowest BCUT2D eigenvalue weighted by Gasteiger charge is -2.26. The van der Waals surface area contributed by atoms with E-state index in [1.807, 2.05) is 0 Å². The van der Waals surface area contributed by atoms with Crippen LogP contribution in [-0.2, 0) is 43.7 Å². The summed E-state index contributed by atoms with van der Waals surface area (Å²) in [5, 5.41) is 22.0. The van der Waals surface area contributed by atoms with E-state index in [-0.39, 0.29) is 11.6 Å². The number of nitrogen functional groups attached to an aromatic ring is 1. The van der Waals surface area contributed by atoms with Crippen LogP contribution in [0.25, 0.3) is 0 Å². The minimum Gasteiger partial charge on any atom is -0.387 e. The molecule has 7 atom stereocenters. The van der Waals surface area contributed by atoms with E-state index in [0.29, 0.717) is 5.69 Å². The molecular formula is C10H16N5O13P3S. The fourth-order valence-corrected chi connectivity index (χ4v) is 6.89. The minimum atomic E-state index is -5.50. The van der Waals surface area contributed by atoms with E-state index >= 15 is 0 Å². The Balaban J connectivity index is 1.42. The number of ether oxygens (including phenoxy) is 1. The lowest BCUT2D eigenvalue weighted by Crippen LogP contribution is -2.45. The van der Waals surface area contributed by atoms with Crippen molar-refractivity contribution in [2.45, 2.75) is 30.9 Å². The largest absolute Gasteiger partial charge is 0.488 e. The van der Waals surface area contributed by atoms with Gasteiger partial charge >= 0.3 is 22.4 Å². The number of phosphoric acid groups is 2. The van der Waals surface area contributed by atoms with Gasteiger partial charge in [0.25, 0.3) is 6.35 Å². The van der Waals surface area contributed by atoms with Crippen LogP contribution >= 0.6 is 22.4 Å². The highest BCUT2D eigenvalue weighted by molar-refractivity contribution is 8.08. The average molecular weight is 539 g/mol. The SMILES string of the molecule is Nc1ncnc2c1N1O[C@H]1N2[C@@H]1O[C@H](COP(=O)(O)OP(=O)(O)OP(O)(O)=S)[C@@H](O)[C@H]1O. The van der Waals surface area contributed by atoms with Crippen LogP contribution < -0.4 is 15.7 Å². The van der Waals surface area contributed by atoms with Gasteiger partial charge < -0.3 is 40.3 Å². The van der Waals surface area contributed by atoms with Gasteiger partial charge in [-0.05, 0) is 11.8 Å². The monoisotopic (exact) mass is 539 g/mol. The van der Waals surface area contributed by atoms with Crippen LogP contribution in [-0.4, -0.2) is 77.3 Å². The summed E-state index contributed by atoms with van der Waals surface area (Å²) >= 11 is 3.98. The van der Waals surface area contributed by atoms with Crippen molar-refractivity contribution in [1.82, 2.24) is 9.97 Å². The van der Waals surface area contributed by atoms with Gasteiger partial charge in [-0.25, -0.2) is 28.2 Å². The molecule has 4 heterocycles. The predicted octanol–water partition coefficient (Wildman–Crippen LogP) is -2.18. The zero-order valence-corrected chi connectivity index (χ0v) is 18.8. The molecule has 2 fully saturated rings. The quantitative estimate of drug-likeness (QED) is 0.137. The molecule has 0 spiro atoms. The molecule has 0 saturated carbocycles. The number of nitrogens with zero attached hydrogens (tertiary/aromatic N) is 4. The van der Waals surface area contributed by atoms with Crippen LogP contribution in [0, 0.1) is 0 Å². The third-order valence-electron chi connectivity index (χ3n) is 4.33. The topological polar surface area (TPSA) is 263 Å². The maximum atomic E-state index is 11.9. The number of aromatic nitrogens is 2. The van der Waals surface area contributed by atoms with Gasteiger partial charge in [0.2, 0.25) is 0 Å². The first-order chi connectivity index (χ1) is 14.7. The van der Waals surface area contributed by atoms with Crippen LogP contribution in [0.4, 0.5) is 17.3 Å². The normalized spacial score (nSPS) is 32.9. The summed E-state index contributed by atoms with van der Waals surface area (Å²) in [5.41, 5.74) is 6.11. The summed E-state index contributed by atoms with van der Waals surface area (Å²) < 4.78 is 41.1. The Kier molecular flexibility index (Phi) is 6.17. The number of aliphatic hydroxyl groups is 2. The molecule has 4 rings (SSSR count). The zero-order valence-electron chi connectivity index (χ0n) is 15.3. The molecule has 0 bridgehead atoms. The molecule has 2 saturated heterocycles. The molecule has 1 aromatic rings. The van der Waals surface area contributed by atoms with Gasteiger partial charge in [-0.2, -0.15) is 9.37 Å². The van der Waals surface area contributed by atoms with Crippen LogP contribution in [0.15, 0.2) is 6.33 Å². The van der Waals surface area contributed by atoms with Crippen molar-refractivity contribution in [2.24, 2.45) is 0 Å². The maximum Gasteiger partial charge on any atom is 0.488 e. The highest BCUT2D eigenvalue weighted by Crippen LogP contribution is 2.66. The van der Waals surface area contributed by atoms with Crippen molar-refractivity contribution < 1.29 is 61.6 Å². The van der Waals surface area contributed by atoms with Gasteiger partial charge in [0.05, 0.1) is 6.61 Å². The van der Waals surface area contributed by atoms with Gasteiger partial charge in [0.15, 0.2) is 23.6 Å². The van der Waals surface area contributed by atoms with E-state index in [0.717, 1.165) is 0 Å². The fraction of sp³-hybridized carbons (Fsp3) is 0.600. The Hall–Kier alpha value is -0.850. The molecule has 22 heteroatoms. The van der Waals surface area contributed by atoms with E-state index < -0.39 is 59.9 Å². The van der Waals surface area contributed by atoms with Crippen LogP contribution in [0.5, 0.6) is 0 Å². The van der Waals surface area contributed by atoms with E-state index in [2.05, 4.69) is 34.9 Å². The third-order valence-corrected chi connectivity index (χ3v) is 8.73. The first-order valence-corrected chi connectivity index (χ1v) is 14.0. The molecule has 3 aliphatic rings. The molecule has 0 radical (unpaired) electrons. The lowest BCUT2D eigenvalue weighted by atomic mass is 10.1. The number of anilines is 3. The molecule has 0 aromatic carbocycles. The maximum absolute atomic E-state index is 11.9. The summed E-state index contributed by atoms with van der Waals surface area (Å²) in [6, 6.07) is 0. The molecule has 18 nitrogen and oxygen atoms in total. The highest BCUT2D eigenvalue weighted by Gasteiger charge is 2.60. The number of hydrogen-bond donors (Lipinski definition) is 7. The predicted molar refractivity (Wildman–Crippen MR) is 103 cm³/mol. The van der Waals surface area contributed by atoms with Crippen LogP contribution in [0.2, 0.25) is 0 Å². The van der Waals surface area contributed by atoms with Gasteiger partial charge in [-0.1, -0.05) is 0 Å². The number of hydrogen-bond acceptors (Lipinski definition) is 15. The van der Waals surface area contributed by atoms with E-state index in [1.54, 1.807) is 0 Å². The Bertz CT molecular complexity index is 1060. The molecule has 8 N–H and O–H groups in total. The van der Waals surface area contributed by atoms with Crippen molar-refractivity contribution in [3.8, 4) is 0 Å². The average Bonchev–Trinajstić information content (AvgIpc) is 3.25. The standard InChI is InChI=1S/C10H16N5O13P3S/c11-7-4-8(13-2-12-7)14(10-15(4)26-10)9-6(17)5(16)3(25-9)1-24-29(18,19)27-30(20,21)28-31(22,23)32/h2-3,5-6,9-10,16-17H,1H2,(H,18,19)(H,20,21)(H2,11,12,13)(H2,22,23,32)/t3-,5-,6-,9-,10+,15?/m1/s1. The van der Waals surface area contributed by atoms with Crippen molar-refractivity contribution in [3.05, 3.63) is 6.33 Å². The summed E-state index contributed by atoms with van der Waals surface area (Å²) in [6.45, 7) is -5.62. The lowest BCUT2D eigenvalue weighted by molar-refractivity contribution is -0.0243. The van der Waals surface area contributed by atoms with Crippen molar-refractivity contribution in [3.63, 3.8) is 0 Å². The van der Waals surface area contributed by atoms with Crippen LogP contribution in [0.3, 0.4) is 0 Å². The number of nitrogens with two attached hydrogens (primary N) is 1. The number of aliphatic hydroxyl groups excluding tert-OH is 2. The second kappa shape index (κ2) is 8.13. The van der Waals surface area contributed by atoms with Crippen molar-refractivity contribution in [1.29, 1.82) is 0 Å². The van der Waals surface area contributed by atoms with Crippen LogP contribution in [0.1, 0.15) is 0 Å². The third kappa shape index (κ3) is 4.83. The number of fused-ring (bicyclic) bond motifs is 3. The molecule has 1 aromatic heterocycles. The highest BCUT2D eigenvalue weighted by atomic mass is 32.5. The number of hydroxylamine groups is 1. The Morgan fingerprint density at radius 2 is 1.81 bits per heavy atom. The smallest absolute Gasteiger partial charge is 0.387 e. The fourth-order valence-electron chi connectivity index (χ4n) is 3.10. The first kappa shape index (κ1) is 24.3. The second-order valence-electron chi connectivity index (χ2n) is 6.53. The molecule has 2 unspecified atom stereocenters. The van der Waals surface area contributed by atoms with Gasteiger partial charge in [0, 0.05) is 0 Å².